The van der Waals surface area contributed by atoms with Gasteiger partial charge < -0.3 is 20.3 Å². The van der Waals surface area contributed by atoms with Crippen molar-refractivity contribution in [3.8, 4) is 0 Å². The number of benzene rings is 1. The highest BCUT2D eigenvalue weighted by Crippen LogP contribution is 2.23. The largest absolute Gasteiger partial charge is 0.378 e. The highest BCUT2D eigenvalue weighted by Gasteiger charge is 2.19. The Morgan fingerprint density at radius 1 is 1.21 bits per heavy atom. The number of halogens is 1. The van der Waals surface area contributed by atoms with Gasteiger partial charge in [-0.05, 0) is 29.7 Å². The number of amides is 2. The zero-order chi connectivity index (χ0) is 19.9. The fourth-order valence-electron chi connectivity index (χ4n) is 3.30. The summed E-state index contributed by atoms with van der Waals surface area (Å²) >= 11 is 5.98. The number of aromatic nitrogens is 1. The molecule has 1 aromatic carbocycles. The molecule has 0 aliphatic carbocycles. The Kier molecular flexibility index (Phi) is 7.12. The van der Waals surface area contributed by atoms with Crippen molar-refractivity contribution < 1.29 is 9.53 Å². The maximum Gasteiger partial charge on any atom is 0.315 e. The Morgan fingerprint density at radius 3 is 2.61 bits per heavy atom. The topological polar surface area (TPSA) is 66.5 Å². The van der Waals surface area contributed by atoms with Gasteiger partial charge >= 0.3 is 6.03 Å². The van der Waals surface area contributed by atoms with Gasteiger partial charge in [-0.3, -0.25) is 0 Å². The molecule has 0 saturated carbocycles. The van der Waals surface area contributed by atoms with Gasteiger partial charge in [-0.15, -0.1) is 0 Å². The zero-order valence-corrected chi connectivity index (χ0v) is 17.1. The first-order valence-corrected chi connectivity index (χ1v) is 9.99. The van der Waals surface area contributed by atoms with E-state index in [4.69, 9.17) is 16.3 Å². The molecule has 28 heavy (non-hydrogen) atoms. The SMILES string of the molecule is CC(C)C(NC(=O)NCc1cccnc1N1CCOCC1)c1ccc(Cl)cc1. The number of urea groups is 1. The number of nitrogens with one attached hydrogen (secondary N) is 2. The third kappa shape index (κ3) is 5.36. The quantitative estimate of drug-likeness (QED) is 0.771. The average molecular weight is 403 g/mol. The summed E-state index contributed by atoms with van der Waals surface area (Å²) in [6, 6.07) is 11.2. The lowest BCUT2D eigenvalue weighted by molar-refractivity contribution is 0.122. The number of anilines is 1. The van der Waals surface area contributed by atoms with Gasteiger partial charge in [0.05, 0.1) is 19.3 Å². The van der Waals surface area contributed by atoms with Crippen LogP contribution in [0.25, 0.3) is 0 Å². The van der Waals surface area contributed by atoms with Crippen molar-refractivity contribution in [1.82, 2.24) is 15.6 Å². The van der Waals surface area contributed by atoms with Gasteiger partial charge in [0.25, 0.3) is 0 Å². The van der Waals surface area contributed by atoms with Crippen LogP contribution in [0.5, 0.6) is 0 Å². The number of hydrogen-bond donors (Lipinski definition) is 2. The van der Waals surface area contributed by atoms with Crippen LogP contribution in [0.1, 0.15) is 31.0 Å². The number of carbonyl (C=O) groups is 1. The van der Waals surface area contributed by atoms with E-state index in [2.05, 4.69) is 34.4 Å². The first kappa shape index (κ1) is 20.4. The van der Waals surface area contributed by atoms with Gasteiger partial charge in [0.2, 0.25) is 0 Å². The fraction of sp³-hybridized carbons (Fsp3) is 0.429. The van der Waals surface area contributed by atoms with E-state index in [9.17, 15) is 4.79 Å². The molecule has 3 rings (SSSR count). The molecule has 1 aliphatic rings. The molecule has 1 aliphatic heterocycles. The van der Waals surface area contributed by atoms with Crippen LogP contribution in [0.2, 0.25) is 5.02 Å². The van der Waals surface area contributed by atoms with Crippen LogP contribution >= 0.6 is 11.6 Å². The summed E-state index contributed by atoms with van der Waals surface area (Å²) in [6.07, 6.45) is 1.78. The summed E-state index contributed by atoms with van der Waals surface area (Å²) in [5.41, 5.74) is 2.03. The molecule has 2 heterocycles. The van der Waals surface area contributed by atoms with Gasteiger partial charge in [0, 0.05) is 36.4 Å². The summed E-state index contributed by atoms with van der Waals surface area (Å²) in [6.45, 7) is 7.58. The Bertz CT molecular complexity index is 776. The lowest BCUT2D eigenvalue weighted by atomic mass is 9.96. The summed E-state index contributed by atoms with van der Waals surface area (Å²) in [5, 5.41) is 6.73. The molecule has 2 N–H and O–H groups in total. The Hall–Kier alpha value is -2.31. The van der Waals surface area contributed by atoms with Crippen molar-refractivity contribution in [3.63, 3.8) is 0 Å². The van der Waals surface area contributed by atoms with E-state index in [1.807, 2.05) is 36.4 Å². The van der Waals surface area contributed by atoms with E-state index in [-0.39, 0.29) is 18.0 Å². The molecule has 1 atom stereocenters. The predicted molar refractivity (Wildman–Crippen MR) is 112 cm³/mol. The third-order valence-electron chi connectivity index (χ3n) is 4.80. The molecule has 7 heteroatoms. The van der Waals surface area contributed by atoms with Crippen molar-refractivity contribution >= 4 is 23.4 Å². The minimum Gasteiger partial charge on any atom is -0.378 e. The monoisotopic (exact) mass is 402 g/mol. The summed E-state index contributed by atoms with van der Waals surface area (Å²) in [7, 11) is 0. The number of morpholine rings is 1. The minimum atomic E-state index is -0.203. The maximum absolute atomic E-state index is 12.6. The van der Waals surface area contributed by atoms with E-state index < -0.39 is 0 Å². The standard InChI is InChI=1S/C21H27ClN4O2/c1-15(2)19(16-5-7-18(22)8-6-16)25-21(27)24-14-17-4-3-9-23-20(17)26-10-12-28-13-11-26/h3-9,15,19H,10-14H2,1-2H3,(H2,24,25,27). The van der Waals surface area contributed by atoms with Crippen molar-refractivity contribution in [2.24, 2.45) is 5.92 Å². The van der Waals surface area contributed by atoms with Crippen molar-refractivity contribution in [2.45, 2.75) is 26.4 Å². The van der Waals surface area contributed by atoms with Gasteiger partial charge in [-0.1, -0.05) is 43.6 Å². The van der Waals surface area contributed by atoms with Gasteiger partial charge in [-0.2, -0.15) is 0 Å². The van der Waals surface area contributed by atoms with Crippen LogP contribution < -0.4 is 15.5 Å². The van der Waals surface area contributed by atoms with Gasteiger partial charge in [0.1, 0.15) is 5.82 Å². The van der Waals surface area contributed by atoms with Crippen LogP contribution in [0.4, 0.5) is 10.6 Å². The molecule has 150 valence electrons. The zero-order valence-electron chi connectivity index (χ0n) is 16.3. The molecule has 1 fully saturated rings. The number of carbonyl (C=O) groups excluding carboxylic acids is 1. The number of rotatable bonds is 6. The van der Waals surface area contributed by atoms with E-state index in [0.29, 0.717) is 24.8 Å². The fourth-order valence-corrected chi connectivity index (χ4v) is 3.43. The second-order valence-electron chi connectivity index (χ2n) is 7.19. The van der Waals surface area contributed by atoms with E-state index in [0.717, 1.165) is 30.0 Å². The van der Waals surface area contributed by atoms with Crippen LogP contribution in [-0.2, 0) is 11.3 Å². The van der Waals surface area contributed by atoms with Crippen molar-refractivity contribution in [2.75, 3.05) is 31.2 Å². The van der Waals surface area contributed by atoms with Crippen molar-refractivity contribution in [3.05, 3.63) is 58.7 Å². The highest BCUT2D eigenvalue weighted by molar-refractivity contribution is 6.30. The normalized spacial score (nSPS) is 15.4. The molecule has 0 spiro atoms. The Morgan fingerprint density at radius 2 is 1.93 bits per heavy atom. The molecule has 2 aromatic rings. The van der Waals surface area contributed by atoms with Crippen LogP contribution in [0, 0.1) is 5.92 Å². The molecule has 1 aromatic heterocycles. The van der Waals surface area contributed by atoms with E-state index >= 15 is 0 Å². The second kappa shape index (κ2) is 9.75. The lowest BCUT2D eigenvalue weighted by Gasteiger charge is -2.29. The smallest absolute Gasteiger partial charge is 0.315 e. The minimum absolute atomic E-state index is 0.0927. The molecule has 6 nitrogen and oxygen atoms in total. The summed E-state index contributed by atoms with van der Waals surface area (Å²) in [4.78, 5) is 19.3. The van der Waals surface area contributed by atoms with Gasteiger partial charge in [-0.25, -0.2) is 9.78 Å². The summed E-state index contributed by atoms with van der Waals surface area (Å²) < 4.78 is 5.42. The number of pyridine rings is 1. The van der Waals surface area contributed by atoms with E-state index in [1.54, 1.807) is 6.20 Å². The first-order chi connectivity index (χ1) is 13.5. The molecule has 0 bridgehead atoms. The van der Waals surface area contributed by atoms with Crippen LogP contribution in [-0.4, -0.2) is 37.3 Å². The van der Waals surface area contributed by atoms with Gasteiger partial charge in [0.15, 0.2) is 0 Å². The molecule has 1 saturated heterocycles. The number of hydrogen-bond acceptors (Lipinski definition) is 4. The average Bonchev–Trinajstić information content (AvgIpc) is 2.72. The number of nitrogens with zero attached hydrogens (tertiary/aromatic N) is 2. The molecule has 1 unspecified atom stereocenters. The van der Waals surface area contributed by atoms with E-state index in [1.165, 1.54) is 0 Å². The Balaban J connectivity index is 1.62. The summed E-state index contributed by atoms with van der Waals surface area (Å²) in [5.74, 6) is 1.15. The molecule has 2 amide bonds. The highest BCUT2D eigenvalue weighted by atomic mass is 35.5. The van der Waals surface area contributed by atoms with Crippen LogP contribution in [0.3, 0.4) is 0 Å². The lowest BCUT2D eigenvalue weighted by Crippen LogP contribution is -2.40. The Labute approximate surface area is 171 Å². The molecule has 0 radical (unpaired) electrons. The van der Waals surface area contributed by atoms with Crippen molar-refractivity contribution in [1.29, 1.82) is 0 Å². The molecular weight excluding hydrogens is 376 g/mol. The predicted octanol–water partition coefficient (Wildman–Crippen LogP) is 3.77. The third-order valence-corrected chi connectivity index (χ3v) is 5.05. The first-order valence-electron chi connectivity index (χ1n) is 9.61. The second-order valence-corrected chi connectivity index (χ2v) is 7.62. The maximum atomic E-state index is 12.6. The van der Waals surface area contributed by atoms with Crippen LogP contribution in [0.15, 0.2) is 42.6 Å². The molecular formula is C21H27ClN4O2. The number of ether oxygens (including phenoxy) is 1.